The number of rotatable bonds is 11. The van der Waals surface area contributed by atoms with Gasteiger partial charge in [0.15, 0.2) is 6.61 Å². The number of hydrogen-bond acceptors (Lipinski definition) is 6. The Balaban J connectivity index is 1.86. The molecule has 29 heavy (non-hydrogen) atoms. The van der Waals surface area contributed by atoms with Crippen molar-refractivity contribution in [3.63, 3.8) is 0 Å². The molecule has 0 aliphatic heterocycles. The fourth-order valence-corrected chi connectivity index (χ4v) is 3.06. The summed E-state index contributed by atoms with van der Waals surface area (Å²) in [5, 5.41) is 23.1. The van der Waals surface area contributed by atoms with Crippen LogP contribution in [-0.2, 0) is 22.4 Å². The molecular weight excluding hydrogens is 370 g/mol. The van der Waals surface area contributed by atoms with Crippen LogP contribution in [0.1, 0.15) is 43.6 Å². The number of phenolic OH excluding ortho intramolecular Hbond substituents is 1. The van der Waals surface area contributed by atoms with Gasteiger partial charge in [-0.05, 0) is 68.1 Å². The normalized spacial score (nSPS) is 13.0. The summed E-state index contributed by atoms with van der Waals surface area (Å²) >= 11 is 0. The highest BCUT2D eigenvalue weighted by molar-refractivity contribution is 5.71. The molecule has 0 saturated carbocycles. The number of nitrogens with one attached hydrogen (secondary N) is 1. The summed E-state index contributed by atoms with van der Waals surface area (Å²) in [6.45, 7) is 6.71. The summed E-state index contributed by atoms with van der Waals surface area (Å²) in [4.78, 5) is 11.5. The molecule has 2 aromatic rings. The number of aromatic hydroxyl groups is 1. The average Bonchev–Trinajstić information content (AvgIpc) is 2.72. The van der Waals surface area contributed by atoms with Crippen molar-refractivity contribution in [1.29, 1.82) is 0 Å². The van der Waals surface area contributed by atoms with E-state index in [0.29, 0.717) is 18.9 Å². The van der Waals surface area contributed by atoms with Gasteiger partial charge < -0.3 is 25.0 Å². The molecule has 0 bridgehead atoms. The van der Waals surface area contributed by atoms with Crippen LogP contribution in [0, 0.1) is 0 Å². The molecule has 2 rings (SSSR count). The first-order valence-electron chi connectivity index (χ1n) is 10.0. The van der Waals surface area contributed by atoms with Gasteiger partial charge in [0.25, 0.3) is 0 Å². The van der Waals surface area contributed by atoms with Crippen LogP contribution in [0.5, 0.6) is 11.5 Å². The van der Waals surface area contributed by atoms with E-state index < -0.39 is 6.10 Å². The topological polar surface area (TPSA) is 88.0 Å². The first-order chi connectivity index (χ1) is 13.9. The van der Waals surface area contributed by atoms with Crippen molar-refractivity contribution in [2.45, 2.75) is 45.8 Å². The monoisotopic (exact) mass is 401 g/mol. The fourth-order valence-electron chi connectivity index (χ4n) is 3.06. The summed E-state index contributed by atoms with van der Waals surface area (Å²) in [5.41, 5.74) is 2.97. The minimum absolute atomic E-state index is 0.0889. The van der Waals surface area contributed by atoms with E-state index in [0.717, 1.165) is 29.5 Å². The van der Waals surface area contributed by atoms with Gasteiger partial charge in [-0.15, -0.1) is 0 Å². The zero-order chi connectivity index (χ0) is 21.2. The molecule has 0 fully saturated rings. The zero-order valence-corrected chi connectivity index (χ0v) is 17.4. The molecule has 0 aliphatic carbocycles. The van der Waals surface area contributed by atoms with Crippen LogP contribution < -0.4 is 10.1 Å². The predicted octanol–water partition coefficient (Wildman–Crippen LogP) is 3.15. The minimum Gasteiger partial charge on any atom is -0.508 e. The number of benzene rings is 2. The molecule has 6 heteroatoms. The van der Waals surface area contributed by atoms with Crippen molar-refractivity contribution in [3.8, 4) is 11.5 Å². The van der Waals surface area contributed by atoms with Crippen molar-refractivity contribution in [1.82, 2.24) is 5.32 Å². The molecule has 0 spiro atoms. The van der Waals surface area contributed by atoms with E-state index >= 15 is 0 Å². The van der Waals surface area contributed by atoms with Gasteiger partial charge >= 0.3 is 5.97 Å². The number of aliphatic hydroxyl groups is 1. The molecule has 6 nitrogen and oxygen atoms in total. The number of esters is 1. The minimum atomic E-state index is -0.652. The molecule has 2 aromatic carbocycles. The van der Waals surface area contributed by atoms with Crippen molar-refractivity contribution >= 4 is 5.97 Å². The van der Waals surface area contributed by atoms with Crippen LogP contribution in [0.4, 0.5) is 0 Å². The van der Waals surface area contributed by atoms with Gasteiger partial charge in [0.05, 0.1) is 12.7 Å². The third kappa shape index (κ3) is 7.07. The smallest absolute Gasteiger partial charge is 0.344 e. The van der Waals surface area contributed by atoms with Crippen molar-refractivity contribution in [3.05, 3.63) is 59.2 Å². The van der Waals surface area contributed by atoms with Gasteiger partial charge in [-0.2, -0.15) is 0 Å². The molecule has 0 radical (unpaired) electrons. The molecule has 0 unspecified atom stereocenters. The maximum atomic E-state index is 11.5. The zero-order valence-electron chi connectivity index (χ0n) is 17.4. The van der Waals surface area contributed by atoms with Crippen LogP contribution >= 0.6 is 0 Å². The Bertz CT molecular complexity index is 775. The van der Waals surface area contributed by atoms with E-state index in [1.54, 1.807) is 31.2 Å². The Labute approximate surface area is 172 Å². The highest BCUT2D eigenvalue weighted by Gasteiger charge is 2.16. The van der Waals surface area contributed by atoms with Gasteiger partial charge in [-0.1, -0.05) is 31.2 Å². The quantitative estimate of drug-likeness (QED) is 0.502. The number of hydrogen-bond donors (Lipinski definition) is 3. The average molecular weight is 402 g/mol. The Morgan fingerprint density at radius 1 is 1.14 bits per heavy atom. The Morgan fingerprint density at radius 3 is 2.52 bits per heavy atom. The number of carbonyl (C=O) groups excluding carboxylic acids is 1. The highest BCUT2D eigenvalue weighted by atomic mass is 16.6. The first-order valence-corrected chi connectivity index (χ1v) is 10.0. The second-order valence-corrected chi connectivity index (χ2v) is 6.92. The van der Waals surface area contributed by atoms with E-state index in [4.69, 9.17) is 9.47 Å². The molecule has 0 amide bonds. The summed E-state index contributed by atoms with van der Waals surface area (Å²) < 4.78 is 10.5. The molecular formula is C23H31NO5. The van der Waals surface area contributed by atoms with E-state index in [-0.39, 0.29) is 24.4 Å². The summed E-state index contributed by atoms with van der Waals surface area (Å²) in [6, 6.07) is 12.4. The SMILES string of the molecule is CCOC(=O)COc1ccc(CCN[C@@H](C)[C@H](O)c2ccc(O)cc2)cc1CC. The van der Waals surface area contributed by atoms with Crippen molar-refractivity contribution in [2.24, 2.45) is 0 Å². The molecule has 0 heterocycles. The largest absolute Gasteiger partial charge is 0.508 e. The molecule has 0 saturated heterocycles. The maximum Gasteiger partial charge on any atom is 0.344 e. The number of carbonyl (C=O) groups is 1. The molecule has 158 valence electrons. The lowest BCUT2D eigenvalue weighted by Gasteiger charge is -2.21. The van der Waals surface area contributed by atoms with Gasteiger partial charge in [0, 0.05) is 6.04 Å². The molecule has 3 N–H and O–H groups in total. The van der Waals surface area contributed by atoms with Crippen LogP contribution in [0.3, 0.4) is 0 Å². The molecule has 2 atom stereocenters. The van der Waals surface area contributed by atoms with Gasteiger partial charge in [0.2, 0.25) is 0 Å². The second-order valence-electron chi connectivity index (χ2n) is 6.92. The number of phenols is 1. The third-order valence-corrected chi connectivity index (χ3v) is 4.74. The lowest BCUT2D eigenvalue weighted by molar-refractivity contribution is -0.145. The Hall–Kier alpha value is -2.57. The first kappa shape index (κ1) is 22.7. The Kier molecular flexibility index (Phi) is 8.96. The van der Waals surface area contributed by atoms with Crippen LogP contribution in [0.15, 0.2) is 42.5 Å². The fraction of sp³-hybridized carbons (Fsp3) is 0.435. The van der Waals surface area contributed by atoms with E-state index in [2.05, 4.69) is 11.4 Å². The maximum absolute atomic E-state index is 11.5. The number of aryl methyl sites for hydroxylation is 1. The van der Waals surface area contributed by atoms with Crippen molar-refractivity contribution in [2.75, 3.05) is 19.8 Å². The summed E-state index contributed by atoms with van der Waals surface area (Å²) in [7, 11) is 0. The highest BCUT2D eigenvalue weighted by Crippen LogP contribution is 2.22. The summed E-state index contributed by atoms with van der Waals surface area (Å²) in [6.07, 6.45) is 0.952. The third-order valence-electron chi connectivity index (χ3n) is 4.74. The van der Waals surface area contributed by atoms with E-state index in [9.17, 15) is 15.0 Å². The Morgan fingerprint density at radius 2 is 1.86 bits per heavy atom. The lowest BCUT2D eigenvalue weighted by Crippen LogP contribution is -2.33. The van der Waals surface area contributed by atoms with Crippen molar-refractivity contribution < 1.29 is 24.5 Å². The van der Waals surface area contributed by atoms with E-state index in [1.807, 2.05) is 26.0 Å². The van der Waals surface area contributed by atoms with E-state index in [1.165, 1.54) is 0 Å². The lowest BCUT2D eigenvalue weighted by atomic mass is 10.0. The van der Waals surface area contributed by atoms with Gasteiger partial charge in [-0.3, -0.25) is 0 Å². The number of ether oxygens (including phenoxy) is 2. The molecule has 0 aromatic heterocycles. The standard InChI is InChI=1S/C23H31NO5/c1-4-18-14-17(6-11-21(18)29-15-22(26)28-5-2)12-13-24-16(3)23(27)19-7-9-20(25)10-8-19/h6-11,14,16,23-25,27H,4-5,12-13,15H2,1-3H3/t16-,23-/m0/s1. The van der Waals surface area contributed by atoms with Gasteiger partial charge in [0.1, 0.15) is 11.5 Å². The second kappa shape index (κ2) is 11.4. The van der Waals surface area contributed by atoms with Crippen LogP contribution in [0.25, 0.3) is 0 Å². The number of aliphatic hydroxyl groups excluding tert-OH is 1. The van der Waals surface area contributed by atoms with Gasteiger partial charge in [-0.25, -0.2) is 4.79 Å². The van der Waals surface area contributed by atoms with Crippen LogP contribution in [-0.4, -0.2) is 42.0 Å². The molecule has 0 aliphatic rings. The van der Waals surface area contributed by atoms with Crippen LogP contribution in [0.2, 0.25) is 0 Å². The predicted molar refractivity (Wildman–Crippen MR) is 112 cm³/mol. The summed E-state index contributed by atoms with van der Waals surface area (Å²) in [5.74, 6) is 0.514.